The molecule has 0 saturated heterocycles. The fourth-order valence-corrected chi connectivity index (χ4v) is 2.55. The summed E-state index contributed by atoms with van der Waals surface area (Å²) in [6.07, 6.45) is 0.803. The molecule has 0 radical (unpaired) electrons. The van der Waals surface area contributed by atoms with E-state index >= 15 is 0 Å². The highest BCUT2D eigenvalue weighted by Crippen LogP contribution is 2.30. The van der Waals surface area contributed by atoms with Gasteiger partial charge in [0.1, 0.15) is 12.4 Å². The molecule has 0 aromatic heterocycles. The maximum atomic E-state index is 11.4. The first-order valence-electron chi connectivity index (χ1n) is 7.14. The number of hydrogen-bond donors (Lipinski definition) is 1. The minimum absolute atomic E-state index is 0.0801. The highest BCUT2D eigenvalue weighted by molar-refractivity contribution is 6.02. The fraction of sp³-hybridized carbons (Fsp3) is 0.105. The number of aliphatic hydroxyl groups is 1. The summed E-state index contributed by atoms with van der Waals surface area (Å²) in [7, 11) is 0. The average molecular weight is 292 g/mol. The molecule has 0 aliphatic carbocycles. The quantitative estimate of drug-likeness (QED) is 0.729. The Bertz CT molecular complexity index is 794. The van der Waals surface area contributed by atoms with Crippen molar-refractivity contribution in [3.05, 3.63) is 66.2 Å². The van der Waals surface area contributed by atoms with Crippen molar-refractivity contribution < 1.29 is 14.6 Å². The Balaban J connectivity index is 2.09. The predicted octanol–water partition coefficient (Wildman–Crippen LogP) is 3.69. The van der Waals surface area contributed by atoms with Gasteiger partial charge in [-0.3, -0.25) is 4.79 Å². The highest BCUT2D eigenvalue weighted by Gasteiger charge is 2.09. The summed E-state index contributed by atoms with van der Waals surface area (Å²) in [4.78, 5) is 11.4. The summed E-state index contributed by atoms with van der Waals surface area (Å²) < 4.78 is 5.42. The summed E-state index contributed by atoms with van der Waals surface area (Å²) in [6, 6.07) is 19.8. The zero-order valence-electron chi connectivity index (χ0n) is 12.0. The second-order valence-electron chi connectivity index (χ2n) is 4.97. The lowest BCUT2D eigenvalue weighted by Gasteiger charge is -2.11. The topological polar surface area (TPSA) is 46.5 Å². The molecule has 22 heavy (non-hydrogen) atoms. The standard InChI is InChI=1S/C19H16O3/c20-10-11-22-19-9-7-16-12-15(14-4-2-1-3-5-14)6-8-17(16)18(19)13-21/h1-9,12-13,20H,10-11H2. The van der Waals surface area contributed by atoms with Crippen LogP contribution in [0.1, 0.15) is 10.4 Å². The molecule has 0 aliphatic rings. The van der Waals surface area contributed by atoms with Gasteiger partial charge in [0.05, 0.1) is 12.2 Å². The molecular formula is C19H16O3. The van der Waals surface area contributed by atoms with Crippen molar-refractivity contribution in [1.82, 2.24) is 0 Å². The van der Waals surface area contributed by atoms with Crippen LogP contribution in [0.4, 0.5) is 0 Å². The summed E-state index contributed by atoms with van der Waals surface area (Å²) in [6.45, 7) is 0.0950. The third-order valence-electron chi connectivity index (χ3n) is 3.60. The van der Waals surface area contributed by atoms with Crippen molar-refractivity contribution in [1.29, 1.82) is 0 Å². The van der Waals surface area contributed by atoms with E-state index in [1.54, 1.807) is 6.07 Å². The molecule has 0 unspecified atom stereocenters. The number of aldehydes is 1. The third kappa shape index (κ3) is 2.71. The van der Waals surface area contributed by atoms with Crippen molar-refractivity contribution in [2.24, 2.45) is 0 Å². The van der Waals surface area contributed by atoms with Crippen LogP contribution in [0, 0.1) is 0 Å². The van der Waals surface area contributed by atoms with E-state index in [-0.39, 0.29) is 13.2 Å². The van der Waals surface area contributed by atoms with Crippen LogP contribution in [0.15, 0.2) is 60.7 Å². The molecule has 0 heterocycles. The van der Waals surface area contributed by atoms with Crippen molar-refractivity contribution in [3.63, 3.8) is 0 Å². The third-order valence-corrected chi connectivity index (χ3v) is 3.60. The van der Waals surface area contributed by atoms with Crippen LogP contribution in [-0.2, 0) is 0 Å². The monoisotopic (exact) mass is 292 g/mol. The van der Waals surface area contributed by atoms with Crippen LogP contribution in [-0.4, -0.2) is 24.6 Å². The number of ether oxygens (including phenoxy) is 1. The molecule has 3 aromatic rings. The first-order chi connectivity index (χ1) is 10.8. The maximum absolute atomic E-state index is 11.4. The van der Waals surface area contributed by atoms with Crippen LogP contribution in [0.25, 0.3) is 21.9 Å². The molecule has 3 aromatic carbocycles. The molecule has 110 valence electrons. The number of aliphatic hydroxyl groups excluding tert-OH is 1. The van der Waals surface area contributed by atoms with Gasteiger partial charge in [0, 0.05) is 0 Å². The lowest BCUT2D eigenvalue weighted by atomic mass is 9.98. The molecule has 3 rings (SSSR count). The Morgan fingerprint density at radius 2 is 1.77 bits per heavy atom. The van der Waals surface area contributed by atoms with Gasteiger partial charge in [0.2, 0.25) is 0 Å². The van der Waals surface area contributed by atoms with Crippen molar-refractivity contribution >= 4 is 17.1 Å². The summed E-state index contributed by atoms with van der Waals surface area (Å²) >= 11 is 0. The van der Waals surface area contributed by atoms with Gasteiger partial charge < -0.3 is 9.84 Å². The Kier molecular flexibility index (Phi) is 4.17. The summed E-state index contributed by atoms with van der Waals surface area (Å²) in [5.74, 6) is 0.504. The van der Waals surface area contributed by atoms with Crippen molar-refractivity contribution in [3.8, 4) is 16.9 Å². The van der Waals surface area contributed by atoms with E-state index in [0.717, 1.165) is 28.2 Å². The first-order valence-corrected chi connectivity index (χ1v) is 7.14. The number of rotatable bonds is 5. The molecule has 3 nitrogen and oxygen atoms in total. The van der Waals surface area contributed by atoms with E-state index in [9.17, 15) is 4.79 Å². The minimum Gasteiger partial charge on any atom is -0.490 e. The van der Waals surface area contributed by atoms with Gasteiger partial charge in [-0.1, -0.05) is 48.5 Å². The van der Waals surface area contributed by atoms with Crippen LogP contribution in [0.5, 0.6) is 5.75 Å². The van der Waals surface area contributed by atoms with Gasteiger partial charge in [-0.15, -0.1) is 0 Å². The van der Waals surface area contributed by atoms with E-state index in [2.05, 4.69) is 18.2 Å². The van der Waals surface area contributed by atoms with Crippen molar-refractivity contribution in [2.75, 3.05) is 13.2 Å². The Morgan fingerprint density at radius 1 is 0.955 bits per heavy atom. The largest absolute Gasteiger partial charge is 0.490 e. The molecular weight excluding hydrogens is 276 g/mol. The number of carbonyl (C=O) groups excluding carboxylic acids is 1. The lowest BCUT2D eigenvalue weighted by molar-refractivity contribution is 0.111. The Hall–Kier alpha value is -2.65. The van der Waals surface area contributed by atoms with E-state index in [4.69, 9.17) is 9.84 Å². The second kappa shape index (κ2) is 6.41. The van der Waals surface area contributed by atoms with Gasteiger partial charge in [0.25, 0.3) is 0 Å². The van der Waals surface area contributed by atoms with E-state index in [1.807, 2.05) is 36.4 Å². The lowest BCUT2D eigenvalue weighted by Crippen LogP contribution is -2.03. The number of benzene rings is 3. The van der Waals surface area contributed by atoms with E-state index in [0.29, 0.717) is 11.3 Å². The molecule has 0 atom stereocenters. The zero-order valence-corrected chi connectivity index (χ0v) is 12.0. The molecule has 0 spiro atoms. The molecule has 3 heteroatoms. The smallest absolute Gasteiger partial charge is 0.154 e. The molecule has 0 amide bonds. The predicted molar refractivity (Wildman–Crippen MR) is 87.4 cm³/mol. The molecule has 0 saturated carbocycles. The Morgan fingerprint density at radius 3 is 2.50 bits per heavy atom. The molecule has 0 bridgehead atoms. The molecule has 0 fully saturated rings. The van der Waals surface area contributed by atoms with E-state index < -0.39 is 0 Å². The summed E-state index contributed by atoms with van der Waals surface area (Å²) in [5, 5.41) is 10.7. The van der Waals surface area contributed by atoms with Crippen LogP contribution < -0.4 is 4.74 Å². The molecule has 1 N–H and O–H groups in total. The van der Waals surface area contributed by atoms with E-state index in [1.165, 1.54) is 0 Å². The highest BCUT2D eigenvalue weighted by atomic mass is 16.5. The van der Waals surface area contributed by atoms with Gasteiger partial charge >= 0.3 is 0 Å². The molecule has 0 aliphatic heterocycles. The van der Waals surface area contributed by atoms with Crippen molar-refractivity contribution in [2.45, 2.75) is 0 Å². The fourth-order valence-electron chi connectivity index (χ4n) is 2.55. The van der Waals surface area contributed by atoms with Gasteiger partial charge in [-0.25, -0.2) is 0 Å². The van der Waals surface area contributed by atoms with Gasteiger partial charge in [0.15, 0.2) is 6.29 Å². The average Bonchev–Trinajstić information content (AvgIpc) is 2.59. The maximum Gasteiger partial charge on any atom is 0.154 e. The van der Waals surface area contributed by atoms with Gasteiger partial charge in [-0.2, -0.15) is 0 Å². The zero-order chi connectivity index (χ0) is 15.4. The second-order valence-corrected chi connectivity index (χ2v) is 4.97. The first kappa shape index (κ1) is 14.3. The van der Waals surface area contributed by atoms with Crippen LogP contribution >= 0.6 is 0 Å². The summed E-state index contributed by atoms with van der Waals surface area (Å²) in [5.41, 5.74) is 2.76. The van der Waals surface area contributed by atoms with Crippen LogP contribution in [0.2, 0.25) is 0 Å². The van der Waals surface area contributed by atoms with Gasteiger partial charge in [-0.05, 0) is 34.0 Å². The SMILES string of the molecule is O=Cc1c(OCCO)ccc2cc(-c3ccccc3)ccc12. The van der Waals surface area contributed by atoms with Crippen LogP contribution in [0.3, 0.4) is 0 Å². The number of carbonyl (C=O) groups is 1. The minimum atomic E-state index is -0.0801. The Labute approximate surface area is 128 Å². The number of hydrogen-bond acceptors (Lipinski definition) is 3. The normalized spacial score (nSPS) is 10.6. The number of fused-ring (bicyclic) bond motifs is 1.